The van der Waals surface area contributed by atoms with E-state index in [-0.39, 0.29) is 10.7 Å². The molecule has 2 aromatic rings. The van der Waals surface area contributed by atoms with Crippen molar-refractivity contribution in [2.24, 2.45) is 0 Å². The Morgan fingerprint density at radius 3 is 2.61 bits per heavy atom. The largest absolute Gasteiger partial charge is 0.292 e. The SMILES string of the molecule is Cc1nc(Cl)cc(=O)n1Cc1cc(Cl)ccc1Cl. The van der Waals surface area contributed by atoms with E-state index in [0.717, 1.165) is 5.56 Å². The van der Waals surface area contributed by atoms with E-state index < -0.39 is 0 Å². The van der Waals surface area contributed by atoms with E-state index in [2.05, 4.69) is 4.98 Å². The maximum atomic E-state index is 11.8. The van der Waals surface area contributed by atoms with Crippen LogP contribution in [0.3, 0.4) is 0 Å². The molecule has 3 nitrogen and oxygen atoms in total. The van der Waals surface area contributed by atoms with Crippen LogP contribution in [0, 0.1) is 6.92 Å². The van der Waals surface area contributed by atoms with E-state index in [4.69, 9.17) is 34.8 Å². The fourth-order valence-corrected chi connectivity index (χ4v) is 2.20. The second-order valence-corrected chi connectivity index (χ2v) is 5.02. The number of benzene rings is 1. The predicted octanol–water partition coefficient (Wildman–Crippen LogP) is 3.56. The van der Waals surface area contributed by atoms with E-state index in [0.29, 0.717) is 22.4 Å². The summed E-state index contributed by atoms with van der Waals surface area (Å²) in [5, 5.41) is 1.31. The van der Waals surface area contributed by atoms with Gasteiger partial charge in [0.1, 0.15) is 11.0 Å². The Balaban J connectivity index is 2.46. The molecular weight excluding hydrogens is 295 g/mol. The summed E-state index contributed by atoms with van der Waals surface area (Å²) < 4.78 is 1.49. The van der Waals surface area contributed by atoms with Gasteiger partial charge in [-0.05, 0) is 30.7 Å². The third-order valence-electron chi connectivity index (χ3n) is 2.50. The molecule has 0 aliphatic carbocycles. The standard InChI is InChI=1S/C12H9Cl3N2O/c1-7-16-11(15)5-12(18)17(7)6-8-4-9(13)2-3-10(8)14/h2-5H,6H2,1H3. The zero-order valence-corrected chi connectivity index (χ0v) is 11.7. The van der Waals surface area contributed by atoms with Crippen molar-refractivity contribution in [1.29, 1.82) is 0 Å². The van der Waals surface area contributed by atoms with Crippen LogP contribution in [-0.2, 0) is 6.54 Å². The maximum absolute atomic E-state index is 11.8. The molecule has 94 valence electrons. The van der Waals surface area contributed by atoms with Crippen LogP contribution >= 0.6 is 34.8 Å². The van der Waals surface area contributed by atoms with Gasteiger partial charge in [-0.1, -0.05) is 34.8 Å². The summed E-state index contributed by atoms with van der Waals surface area (Å²) in [6.07, 6.45) is 0. The number of aromatic nitrogens is 2. The van der Waals surface area contributed by atoms with Gasteiger partial charge in [0.2, 0.25) is 0 Å². The van der Waals surface area contributed by atoms with Crippen LogP contribution in [0.2, 0.25) is 15.2 Å². The summed E-state index contributed by atoms with van der Waals surface area (Å²) >= 11 is 17.7. The fraction of sp³-hybridized carbons (Fsp3) is 0.167. The fourth-order valence-electron chi connectivity index (χ4n) is 1.61. The number of nitrogens with zero attached hydrogens (tertiary/aromatic N) is 2. The van der Waals surface area contributed by atoms with Crippen molar-refractivity contribution < 1.29 is 0 Å². The quantitative estimate of drug-likeness (QED) is 0.795. The molecule has 0 radical (unpaired) electrons. The van der Waals surface area contributed by atoms with Crippen molar-refractivity contribution in [3.8, 4) is 0 Å². The molecule has 18 heavy (non-hydrogen) atoms. The average Bonchev–Trinajstić information content (AvgIpc) is 2.28. The highest BCUT2D eigenvalue weighted by atomic mass is 35.5. The number of hydrogen-bond acceptors (Lipinski definition) is 2. The highest BCUT2D eigenvalue weighted by Crippen LogP contribution is 2.21. The minimum Gasteiger partial charge on any atom is -0.292 e. The average molecular weight is 304 g/mol. The molecule has 0 fully saturated rings. The number of halogens is 3. The Hall–Kier alpha value is -1.03. The summed E-state index contributed by atoms with van der Waals surface area (Å²) in [6.45, 7) is 2.03. The monoisotopic (exact) mass is 302 g/mol. The topological polar surface area (TPSA) is 34.9 Å². The molecule has 0 saturated carbocycles. The Bertz CT molecular complexity index is 652. The van der Waals surface area contributed by atoms with Crippen LogP contribution in [-0.4, -0.2) is 9.55 Å². The summed E-state index contributed by atoms with van der Waals surface area (Å²) in [6, 6.07) is 6.39. The molecule has 0 amide bonds. The normalized spacial score (nSPS) is 10.7. The number of hydrogen-bond donors (Lipinski definition) is 0. The van der Waals surface area contributed by atoms with E-state index >= 15 is 0 Å². The molecule has 0 bridgehead atoms. The molecule has 0 atom stereocenters. The van der Waals surface area contributed by atoms with Gasteiger partial charge in [0.25, 0.3) is 5.56 Å². The molecule has 0 aliphatic rings. The molecule has 1 aromatic heterocycles. The second-order valence-electron chi connectivity index (χ2n) is 3.79. The summed E-state index contributed by atoms with van der Waals surface area (Å²) in [7, 11) is 0. The Labute approximate surface area is 119 Å². The molecule has 1 heterocycles. The molecule has 6 heteroatoms. The van der Waals surface area contributed by atoms with Crippen LogP contribution < -0.4 is 5.56 Å². The van der Waals surface area contributed by atoms with Crippen LogP contribution in [0.15, 0.2) is 29.1 Å². The molecule has 0 aliphatic heterocycles. The van der Waals surface area contributed by atoms with Crippen LogP contribution in [0.5, 0.6) is 0 Å². The van der Waals surface area contributed by atoms with Gasteiger partial charge >= 0.3 is 0 Å². The van der Waals surface area contributed by atoms with Gasteiger partial charge in [0.05, 0.1) is 6.54 Å². The smallest absolute Gasteiger partial charge is 0.255 e. The predicted molar refractivity (Wildman–Crippen MR) is 73.8 cm³/mol. The maximum Gasteiger partial charge on any atom is 0.255 e. The summed E-state index contributed by atoms with van der Waals surface area (Å²) in [4.78, 5) is 15.9. The van der Waals surface area contributed by atoms with E-state index in [1.165, 1.54) is 10.6 Å². The van der Waals surface area contributed by atoms with Crippen molar-refractivity contribution in [1.82, 2.24) is 9.55 Å². The molecule has 2 rings (SSSR count). The van der Waals surface area contributed by atoms with Crippen LogP contribution in [0.1, 0.15) is 11.4 Å². The first-order valence-corrected chi connectivity index (χ1v) is 6.28. The summed E-state index contributed by atoms with van der Waals surface area (Å²) in [5.74, 6) is 0.531. The van der Waals surface area contributed by atoms with Crippen molar-refractivity contribution >= 4 is 34.8 Å². The minimum absolute atomic E-state index is 0.186. The van der Waals surface area contributed by atoms with E-state index in [9.17, 15) is 4.79 Å². The van der Waals surface area contributed by atoms with Crippen molar-refractivity contribution in [3.63, 3.8) is 0 Å². The Morgan fingerprint density at radius 1 is 1.22 bits per heavy atom. The lowest BCUT2D eigenvalue weighted by Crippen LogP contribution is -2.23. The molecule has 0 saturated heterocycles. The molecule has 0 unspecified atom stereocenters. The van der Waals surface area contributed by atoms with Crippen molar-refractivity contribution in [2.75, 3.05) is 0 Å². The first-order chi connectivity index (χ1) is 8.47. The van der Waals surface area contributed by atoms with Gasteiger partial charge in [-0.25, -0.2) is 4.98 Å². The van der Waals surface area contributed by atoms with Gasteiger partial charge < -0.3 is 0 Å². The molecule has 1 aromatic carbocycles. The first-order valence-electron chi connectivity index (χ1n) is 5.15. The van der Waals surface area contributed by atoms with Crippen molar-refractivity contribution in [3.05, 3.63) is 61.2 Å². The third kappa shape index (κ3) is 2.86. The molecule has 0 N–H and O–H groups in total. The van der Waals surface area contributed by atoms with Crippen LogP contribution in [0.25, 0.3) is 0 Å². The van der Waals surface area contributed by atoms with Gasteiger partial charge in [-0.2, -0.15) is 0 Å². The molecular formula is C12H9Cl3N2O. The Morgan fingerprint density at radius 2 is 1.94 bits per heavy atom. The first kappa shape index (κ1) is 13.4. The van der Waals surface area contributed by atoms with Gasteiger partial charge in [0.15, 0.2) is 0 Å². The van der Waals surface area contributed by atoms with Crippen molar-refractivity contribution in [2.45, 2.75) is 13.5 Å². The highest BCUT2D eigenvalue weighted by molar-refractivity contribution is 6.33. The van der Waals surface area contributed by atoms with Crippen LogP contribution in [0.4, 0.5) is 0 Å². The summed E-state index contributed by atoms with van der Waals surface area (Å²) in [5.41, 5.74) is 0.544. The van der Waals surface area contributed by atoms with E-state index in [1.54, 1.807) is 25.1 Å². The lowest BCUT2D eigenvalue weighted by Gasteiger charge is -2.10. The lowest BCUT2D eigenvalue weighted by atomic mass is 10.2. The zero-order chi connectivity index (χ0) is 13.3. The number of aryl methyl sites for hydroxylation is 1. The zero-order valence-electron chi connectivity index (χ0n) is 9.45. The van der Waals surface area contributed by atoms with Gasteiger partial charge in [-0.15, -0.1) is 0 Å². The van der Waals surface area contributed by atoms with Gasteiger partial charge in [0, 0.05) is 16.1 Å². The van der Waals surface area contributed by atoms with Gasteiger partial charge in [-0.3, -0.25) is 9.36 Å². The second kappa shape index (κ2) is 5.31. The highest BCUT2D eigenvalue weighted by Gasteiger charge is 2.08. The van der Waals surface area contributed by atoms with E-state index in [1.807, 2.05) is 0 Å². The molecule has 0 spiro atoms. The third-order valence-corrected chi connectivity index (χ3v) is 3.30. The minimum atomic E-state index is -0.219. The Kier molecular flexibility index (Phi) is 3.95. The lowest BCUT2D eigenvalue weighted by molar-refractivity contribution is 0.700. The number of rotatable bonds is 2.